The van der Waals surface area contributed by atoms with Gasteiger partial charge in [0.25, 0.3) is 5.91 Å². The normalized spacial score (nSPS) is 41.9. The number of hydrogen-bond donors (Lipinski definition) is 5. The Kier molecular flexibility index (Phi) is 8.40. The number of fused-ring (bicyclic) bond motifs is 5. The molecule has 2 bridgehead atoms. The molecule has 19 nitrogen and oxygen atoms in total. The smallest absolute Gasteiger partial charge is 0.382 e. The van der Waals surface area contributed by atoms with Crippen LogP contribution in [0.15, 0.2) is 16.3 Å². The fourth-order valence-electron chi connectivity index (χ4n) is 5.74. The summed E-state index contributed by atoms with van der Waals surface area (Å²) in [7, 11) is 1.38. The van der Waals surface area contributed by atoms with Gasteiger partial charge in [0.1, 0.15) is 41.8 Å². The molecular formula is C21H27N9O10P2S3. The number of hydrogen-bond acceptors (Lipinski definition) is 19. The predicted octanol–water partition coefficient (Wildman–Crippen LogP) is 0.615. The number of carbonyl (C=O) groups excluding carboxylic acids is 1. The number of guanidine groups is 1. The maximum absolute atomic E-state index is 13.7. The molecule has 244 valence electrons. The van der Waals surface area contributed by atoms with Crippen LogP contribution in [0.4, 0.5) is 5.82 Å². The number of ether oxygens (including phenoxy) is 3. The van der Waals surface area contributed by atoms with Crippen LogP contribution in [-0.2, 0) is 46.2 Å². The van der Waals surface area contributed by atoms with Gasteiger partial charge < -0.3 is 30.6 Å². The van der Waals surface area contributed by atoms with Crippen molar-refractivity contribution in [3.63, 3.8) is 0 Å². The second-order valence-corrected chi connectivity index (χ2v) is 17.0. The van der Waals surface area contributed by atoms with Crippen LogP contribution in [0.3, 0.4) is 0 Å². The lowest BCUT2D eigenvalue weighted by molar-refractivity contribution is -0.124. The summed E-state index contributed by atoms with van der Waals surface area (Å²) in [5.74, 6) is -0.359. The molecule has 24 heteroatoms. The Labute approximate surface area is 269 Å². The lowest BCUT2D eigenvalue weighted by atomic mass is 10.1. The molecule has 2 aromatic rings. The first-order chi connectivity index (χ1) is 21.4. The maximum Gasteiger partial charge on any atom is 0.386 e. The number of nitrogen functional groups attached to an aromatic ring is 1. The zero-order valence-electron chi connectivity index (χ0n) is 23.1. The third-order valence-electron chi connectivity index (χ3n) is 7.73. The fraction of sp³-hybridized carbons (Fsp3) is 0.619. The lowest BCUT2D eigenvalue weighted by Gasteiger charge is -2.34. The predicted molar refractivity (Wildman–Crippen MR) is 164 cm³/mol. The first-order valence-corrected chi connectivity index (χ1v) is 19.6. The zero-order chi connectivity index (χ0) is 31.7. The summed E-state index contributed by atoms with van der Waals surface area (Å²) < 4.78 is 72.8. The molecule has 5 N–H and O–H groups in total. The Morgan fingerprint density at radius 1 is 1.07 bits per heavy atom. The highest BCUT2D eigenvalue weighted by Crippen LogP contribution is 2.60. The zero-order valence-corrected chi connectivity index (χ0v) is 27.5. The highest BCUT2D eigenvalue weighted by molar-refractivity contribution is 8.44. The van der Waals surface area contributed by atoms with Gasteiger partial charge in [-0.25, -0.2) is 24.1 Å². The molecule has 3 fully saturated rings. The van der Waals surface area contributed by atoms with E-state index in [2.05, 4.69) is 54.1 Å². The molecule has 3 saturated heterocycles. The third-order valence-corrected chi connectivity index (χ3v) is 11.9. The van der Waals surface area contributed by atoms with E-state index in [1.54, 1.807) is 0 Å². The largest absolute Gasteiger partial charge is 0.386 e. The minimum atomic E-state index is -4.18. The van der Waals surface area contributed by atoms with Crippen molar-refractivity contribution in [1.29, 1.82) is 0 Å². The highest BCUT2D eigenvalue weighted by atomic mass is 32.7. The molecule has 5 aliphatic heterocycles. The average molecular weight is 724 g/mol. The number of thiol groups is 2. The van der Waals surface area contributed by atoms with E-state index in [1.807, 2.05) is 0 Å². The second-order valence-electron chi connectivity index (χ2n) is 10.5. The van der Waals surface area contributed by atoms with Gasteiger partial charge in [-0.15, -0.1) is 0 Å². The van der Waals surface area contributed by atoms with Gasteiger partial charge in [0.05, 0.1) is 36.6 Å². The minimum Gasteiger partial charge on any atom is -0.382 e. The van der Waals surface area contributed by atoms with Gasteiger partial charge in [0.15, 0.2) is 30.2 Å². The van der Waals surface area contributed by atoms with Crippen molar-refractivity contribution in [1.82, 2.24) is 24.6 Å². The van der Waals surface area contributed by atoms with E-state index in [9.17, 15) is 13.9 Å². The monoisotopic (exact) mass is 723 g/mol. The van der Waals surface area contributed by atoms with Crippen molar-refractivity contribution in [2.75, 3.05) is 26.1 Å². The fourth-order valence-corrected chi connectivity index (χ4v) is 9.60. The molecule has 0 spiro atoms. The number of nitrogens with two attached hydrogens (primary N) is 2. The van der Waals surface area contributed by atoms with E-state index in [1.165, 1.54) is 24.7 Å². The van der Waals surface area contributed by atoms with Gasteiger partial charge in [0, 0.05) is 13.5 Å². The first-order valence-electron chi connectivity index (χ1n) is 13.4. The van der Waals surface area contributed by atoms with Crippen molar-refractivity contribution < 1.29 is 46.2 Å². The number of nitrogens with one attached hydrogen (secondary N) is 1. The summed E-state index contributed by atoms with van der Waals surface area (Å²) in [5, 5.41) is 2.42. The van der Waals surface area contributed by atoms with Gasteiger partial charge in [-0.1, -0.05) is 24.5 Å². The average Bonchev–Trinajstić information content (AvgIpc) is 3.74. The Hall–Kier alpha value is -1.94. The minimum absolute atomic E-state index is 0.111. The Morgan fingerprint density at radius 3 is 2.60 bits per heavy atom. The number of amides is 1. The van der Waals surface area contributed by atoms with Crippen molar-refractivity contribution >= 4 is 84.7 Å². The molecular weight excluding hydrogens is 696 g/mol. The van der Waals surface area contributed by atoms with Gasteiger partial charge in [-0.05, 0) is 11.5 Å². The molecule has 45 heavy (non-hydrogen) atoms. The van der Waals surface area contributed by atoms with Gasteiger partial charge in [0.2, 0.25) is 0 Å². The maximum atomic E-state index is 13.7. The second kappa shape index (κ2) is 11.9. The standard InChI is InChI=1S/C21H27N9O10P2S3/c1-34-14-10-4-36-41(32,43)39-7-2-8(16-11-12(29-45-16)17(22)25-5-24-11)37-9(7)3-35-42(33,44)40-15(14)20(38-10)30-6-26-13-18(30)27-21(23)28-19(13)31/h5-10,13-15,18,20H,2-4H2,1H3,(H,32,43)(H,33,44)(H2,22,24,25)(H3,23,27,28,31)/t7-,8+,9+,10+,13?,14+,15+,18?,20+,41-,42-/m0/s1. The van der Waals surface area contributed by atoms with E-state index in [4.69, 9.17) is 43.8 Å². The number of rotatable bonds is 3. The molecule has 5 aliphatic rings. The Bertz CT molecular complexity index is 1670. The van der Waals surface area contributed by atoms with Gasteiger partial charge in [-0.3, -0.25) is 33.2 Å². The highest BCUT2D eigenvalue weighted by Gasteiger charge is 2.55. The number of methoxy groups -OCH3 is 1. The van der Waals surface area contributed by atoms with E-state index < -0.39 is 74.6 Å². The number of anilines is 1. The van der Waals surface area contributed by atoms with Crippen molar-refractivity contribution in [3.8, 4) is 0 Å². The van der Waals surface area contributed by atoms with Crippen LogP contribution in [0, 0.1) is 0 Å². The molecule has 11 atom stereocenters. The number of aromatic nitrogens is 3. The van der Waals surface area contributed by atoms with Crippen LogP contribution >= 0.6 is 49.6 Å². The number of nitrogens with zero attached hydrogens (tertiary/aromatic N) is 6. The van der Waals surface area contributed by atoms with Crippen molar-refractivity contribution in [3.05, 3.63) is 11.2 Å². The third kappa shape index (κ3) is 6.00. The summed E-state index contributed by atoms with van der Waals surface area (Å²) in [6.45, 7) is -8.93. The molecule has 2 aromatic heterocycles. The molecule has 7 rings (SSSR count). The molecule has 0 aromatic carbocycles. The van der Waals surface area contributed by atoms with Crippen LogP contribution < -0.4 is 16.8 Å². The quantitative estimate of drug-likeness (QED) is 0.215. The van der Waals surface area contributed by atoms with Crippen LogP contribution in [0.25, 0.3) is 11.0 Å². The summed E-state index contributed by atoms with van der Waals surface area (Å²) in [4.78, 5) is 31.3. The van der Waals surface area contributed by atoms with E-state index in [-0.39, 0.29) is 31.4 Å². The van der Waals surface area contributed by atoms with Crippen LogP contribution in [0.5, 0.6) is 0 Å². The van der Waals surface area contributed by atoms with Gasteiger partial charge >= 0.3 is 13.6 Å². The summed E-state index contributed by atoms with van der Waals surface area (Å²) >= 11 is 9.56. The van der Waals surface area contributed by atoms with E-state index in [0.29, 0.717) is 15.9 Å². The lowest BCUT2D eigenvalue weighted by Crippen LogP contribution is -2.57. The summed E-state index contributed by atoms with van der Waals surface area (Å²) in [6, 6.07) is -0.920. The van der Waals surface area contributed by atoms with Crippen LogP contribution in [0.1, 0.15) is 17.4 Å². The Morgan fingerprint density at radius 2 is 1.82 bits per heavy atom. The number of aliphatic imine (C=N–C) groups is 2. The SMILES string of the molecule is CO[C@H]1[C@H]2O[P@@](=O)(S)OC[C@H]3O[C@@H](c4snc5c(N)ncnc45)C[C@@H]3O[P@@](=O)(S)OC[C@H]1O[C@H]2N1C=NC2C(=O)NC(N)=NC21. The van der Waals surface area contributed by atoms with E-state index >= 15 is 0 Å². The first kappa shape index (κ1) is 31.6. The molecule has 0 saturated carbocycles. The molecule has 7 heterocycles. The molecule has 0 aliphatic carbocycles. The van der Waals surface area contributed by atoms with E-state index in [0.717, 1.165) is 11.5 Å². The number of carbonyl (C=O) groups is 1. The topological polar surface area (TPSA) is 247 Å². The van der Waals surface area contributed by atoms with Gasteiger partial charge in [-0.2, -0.15) is 4.37 Å². The molecule has 0 radical (unpaired) electrons. The van der Waals surface area contributed by atoms with Crippen LogP contribution in [0.2, 0.25) is 0 Å². The molecule has 2 unspecified atom stereocenters. The summed E-state index contributed by atoms with van der Waals surface area (Å²) in [5.41, 5.74) is 12.7. The van der Waals surface area contributed by atoms with Crippen LogP contribution in [-0.4, -0.2) is 107 Å². The van der Waals surface area contributed by atoms with Crippen molar-refractivity contribution in [2.24, 2.45) is 15.7 Å². The molecule has 1 amide bonds. The summed E-state index contributed by atoms with van der Waals surface area (Å²) in [6.07, 6.45) is -4.60. The van der Waals surface area contributed by atoms with Crippen molar-refractivity contribution in [2.45, 2.75) is 61.5 Å². The Balaban J connectivity index is 1.16.